The predicted molar refractivity (Wildman–Crippen MR) is 113 cm³/mol. The Balaban J connectivity index is 1.44. The smallest absolute Gasteiger partial charge is 0.347 e. The van der Waals surface area contributed by atoms with E-state index in [0.717, 1.165) is 31.4 Å². The van der Waals surface area contributed by atoms with Crippen molar-refractivity contribution < 1.29 is 14.3 Å². The number of aromatic nitrogens is 2. The van der Waals surface area contributed by atoms with Gasteiger partial charge in [-0.1, -0.05) is 0 Å². The SMILES string of the molecule is Cc1cc(C)n(CCC(=O)NC2CCC(C(=O)N3C[C@@H](C)O[C@@H](C)C3)CC2)c(=O)n1. The van der Waals surface area contributed by atoms with E-state index in [0.29, 0.717) is 25.3 Å². The van der Waals surface area contributed by atoms with Gasteiger partial charge < -0.3 is 15.0 Å². The first-order chi connectivity index (χ1) is 14.2. The zero-order valence-electron chi connectivity index (χ0n) is 18.5. The number of carbonyl (C=O) groups is 2. The van der Waals surface area contributed by atoms with Crippen LogP contribution in [0.25, 0.3) is 0 Å². The molecule has 2 heterocycles. The second kappa shape index (κ2) is 9.73. The molecule has 0 spiro atoms. The van der Waals surface area contributed by atoms with E-state index in [1.54, 1.807) is 6.92 Å². The molecule has 1 aliphatic heterocycles. The summed E-state index contributed by atoms with van der Waals surface area (Å²) in [7, 11) is 0. The van der Waals surface area contributed by atoms with Crippen molar-refractivity contribution in [2.24, 2.45) is 5.92 Å². The summed E-state index contributed by atoms with van der Waals surface area (Å²) in [6.07, 6.45) is 3.61. The molecule has 8 nitrogen and oxygen atoms in total. The second-order valence-corrected chi connectivity index (χ2v) is 8.84. The fraction of sp³-hybridized carbons (Fsp3) is 0.727. The first-order valence-corrected chi connectivity index (χ1v) is 11.0. The van der Waals surface area contributed by atoms with Crippen LogP contribution in [0.4, 0.5) is 0 Å². The van der Waals surface area contributed by atoms with Crippen LogP contribution in [-0.4, -0.2) is 57.6 Å². The summed E-state index contributed by atoms with van der Waals surface area (Å²) in [5.41, 5.74) is 1.18. The normalized spacial score (nSPS) is 27.0. The van der Waals surface area contributed by atoms with E-state index in [-0.39, 0.29) is 48.1 Å². The van der Waals surface area contributed by atoms with E-state index in [2.05, 4.69) is 10.3 Å². The van der Waals surface area contributed by atoms with Crippen molar-refractivity contribution in [3.8, 4) is 0 Å². The van der Waals surface area contributed by atoms with E-state index < -0.39 is 0 Å². The van der Waals surface area contributed by atoms with Gasteiger partial charge >= 0.3 is 5.69 Å². The van der Waals surface area contributed by atoms with Crippen molar-refractivity contribution in [1.29, 1.82) is 0 Å². The lowest BCUT2D eigenvalue weighted by Gasteiger charge is -2.38. The van der Waals surface area contributed by atoms with Crippen LogP contribution in [0.5, 0.6) is 0 Å². The van der Waals surface area contributed by atoms with Crippen LogP contribution < -0.4 is 11.0 Å². The molecule has 1 aliphatic carbocycles. The van der Waals surface area contributed by atoms with Gasteiger partial charge in [0.05, 0.1) is 12.2 Å². The molecule has 0 radical (unpaired) electrons. The molecule has 1 saturated carbocycles. The number of ether oxygens (including phenoxy) is 1. The Morgan fingerprint density at radius 3 is 2.37 bits per heavy atom. The second-order valence-electron chi connectivity index (χ2n) is 8.84. The lowest BCUT2D eigenvalue weighted by molar-refractivity contribution is -0.148. The van der Waals surface area contributed by atoms with Crippen molar-refractivity contribution in [3.05, 3.63) is 27.9 Å². The summed E-state index contributed by atoms with van der Waals surface area (Å²) in [6.45, 7) is 9.29. The molecule has 0 bridgehead atoms. The molecular formula is C22H34N4O4. The minimum atomic E-state index is -0.314. The molecule has 3 rings (SSSR count). The molecule has 0 aromatic carbocycles. The Kier molecular flexibility index (Phi) is 7.28. The van der Waals surface area contributed by atoms with Crippen LogP contribution >= 0.6 is 0 Å². The van der Waals surface area contributed by atoms with Crippen LogP contribution in [0.1, 0.15) is 57.3 Å². The minimum absolute atomic E-state index is 0.0375. The molecule has 0 unspecified atom stereocenters. The molecule has 30 heavy (non-hydrogen) atoms. The number of morpholine rings is 1. The summed E-state index contributed by atoms with van der Waals surface area (Å²) in [4.78, 5) is 43.1. The zero-order valence-corrected chi connectivity index (χ0v) is 18.5. The molecule has 2 aliphatic rings. The van der Waals surface area contributed by atoms with Crippen LogP contribution in [0.15, 0.2) is 10.9 Å². The summed E-state index contributed by atoms with van der Waals surface area (Å²) in [5.74, 6) is 0.200. The van der Waals surface area contributed by atoms with E-state index in [4.69, 9.17) is 4.74 Å². The van der Waals surface area contributed by atoms with E-state index >= 15 is 0 Å². The van der Waals surface area contributed by atoms with Gasteiger partial charge in [0.1, 0.15) is 0 Å². The first kappa shape index (κ1) is 22.5. The van der Waals surface area contributed by atoms with Crippen LogP contribution in [-0.2, 0) is 20.9 Å². The molecule has 166 valence electrons. The standard InChI is InChI=1S/C22H34N4O4/c1-14-11-15(2)26(22(29)23-14)10-9-20(27)24-19-7-5-18(6-8-19)21(28)25-12-16(3)30-17(4)13-25/h11,16-19H,5-10,12-13H2,1-4H3,(H,24,27)/t16-,17+,18?,19?. The van der Waals surface area contributed by atoms with Gasteiger partial charge in [-0.05, 0) is 59.4 Å². The largest absolute Gasteiger partial charge is 0.372 e. The van der Waals surface area contributed by atoms with Crippen molar-refractivity contribution in [3.63, 3.8) is 0 Å². The fourth-order valence-electron chi connectivity index (χ4n) is 4.66. The van der Waals surface area contributed by atoms with Crippen LogP contribution in [0.3, 0.4) is 0 Å². The average molecular weight is 419 g/mol. The lowest BCUT2D eigenvalue weighted by atomic mass is 9.85. The summed E-state index contributed by atoms with van der Waals surface area (Å²) in [5, 5.41) is 3.07. The van der Waals surface area contributed by atoms with Crippen molar-refractivity contribution >= 4 is 11.8 Å². The monoisotopic (exact) mass is 418 g/mol. The number of hydrogen-bond donors (Lipinski definition) is 1. The summed E-state index contributed by atoms with van der Waals surface area (Å²) in [6, 6.07) is 1.94. The Hall–Kier alpha value is -2.22. The molecule has 1 aromatic heterocycles. The van der Waals surface area contributed by atoms with Gasteiger partial charge in [-0.15, -0.1) is 0 Å². The highest BCUT2D eigenvalue weighted by Gasteiger charge is 2.33. The first-order valence-electron chi connectivity index (χ1n) is 11.0. The molecule has 1 N–H and O–H groups in total. The van der Waals surface area contributed by atoms with Crippen molar-refractivity contribution in [2.75, 3.05) is 13.1 Å². The number of nitrogens with zero attached hydrogens (tertiary/aromatic N) is 3. The Bertz CT molecular complexity index is 819. The summed E-state index contributed by atoms with van der Waals surface area (Å²) >= 11 is 0. The molecule has 2 amide bonds. The maximum absolute atomic E-state index is 12.9. The third-order valence-corrected chi connectivity index (χ3v) is 6.08. The van der Waals surface area contributed by atoms with E-state index in [1.807, 2.05) is 31.7 Å². The number of nitrogens with one attached hydrogen (secondary N) is 1. The van der Waals surface area contributed by atoms with Crippen LogP contribution in [0, 0.1) is 19.8 Å². The van der Waals surface area contributed by atoms with Crippen molar-refractivity contribution in [1.82, 2.24) is 19.8 Å². The van der Waals surface area contributed by atoms with E-state index in [1.165, 1.54) is 4.57 Å². The Morgan fingerprint density at radius 1 is 1.13 bits per heavy atom. The lowest BCUT2D eigenvalue weighted by Crippen LogP contribution is -2.51. The van der Waals surface area contributed by atoms with Gasteiger partial charge in [0.2, 0.25) is 11.8 Å². The number of aryl methyl sites for hydroxylation is 2. The van der Waals surface area contributed by atoms with Crippen molar-refractivity contribution in [2.45, 2.75) is 84.6 Å². The quantitative estimate of drug-likeness (QED) is 0.783. The molecule has 1 aromatic rings. The molecule has 2 atom stereocenters. The van der Waals surface area contributed by atoms with E-state index in [9.17, 15) is 14.4 Å². The summed E-state index contributed by atoms with van der Waals surface area (Å²) < 4.78 is 7.26. The van der Waals surface area contributed by atoms with Gasteiger partial charge in [0.25, 0.3) is 0 Å². The maximum Gasteiger partial charge on any atom is 0.347 e. The molecule has 2 fully saturated rings. The van der Waals surface area contributed by atoms with Gasteiger partial charge in [-0.2, -0.15) is 4.98 Å². The molecule has 8 heteroatoms. The topological polar surface area (TPSA) is 93.5 Å². The molecular weight excluding hydrogens is 384 g/mol. The highest BCUT2D eigenvalue weighted by molar-refractivity contribution is 5.79. The van der Waals surface area contributed by atoms with Gasteiger partial charge in [0, 0.05) is 49.4 Å². The number of rotatable bonds is 5. The maximum atomic E-state index is 12.9. The average Bonchev–Trinajstić information content (AvgIpc) is 2.66. The third kappa shape index (κ3) is 5.68. The molecule has 1 saturated heterocycles. The highest BCUT2D eigenvalue weighted by atomic mass is 16.5. The third-order valence-electron chi connectivity index (χ3n) is 6.08. The predicted octanol–water partition coefficient (Wildman–Crippen LogP) is 1.56. The number of amides is 2. The van der Waals surface area contributed by atoms with Gasteiger partial charge in [0.15, 0.2) is 0 Å². The fourth-order valence-corrected chi connectivity index (χ4v) is 4.66. The van der Waals surface area contributed by atoms with Crippen LogP contribution in [0.2, 0.25) is 0 Å². The Morgan fingerprint density at radius 2 is 1.77 bits per heavy atom. The zero-order chi connectivity index (χ0) is 21.8. The van der Waals surface area contributed by atoms with Gasteiger partial charge in [-0.25, -0.2) is 4.79 Å². The Labute approximate surface area is 178 Å². The minimum Gasteiger partial charge on any atom is -0.372 e. The highest BCUT2D eigenvalue weighted by Crippen LogP contribution is 2.27. The van der Waals surface area contributed by atoms with Gasteiger partial charge in [-0.3, -0.25) is 14.2 Å². The number of carbonyl (C=O) groups excluding carboxylic acids is 2. The number of hydrogen-bond acceptors (Lipinski definition) is 5.